The third-order valence-corrected chi connectivity index (χ3v) is 5.40. The molecule has 0 aromatic heterocycles. The second-order valence-corrected chi connectivity index (χ2v) is 7.88. The van der Waals surface area contributed by atoms with Crippen molar-refractivity contribution in [1.29, 1.82) is 0 Å². The molecule has 2 atom stereocenters. The van der Waals surface area contributed by atoms with Gasteiger partial charge in [0.15, 0.2) is 0 Å². The molecule has 2 aromatic carbocycles. The van der Waals surface area contributed by atoms with E-state index < -0.39 is 0 Å². The summed E-state index contributed by atoms with van der Waals surface area (Å²) in [5, 5.41) is 3.08. The molecule has 3 rings (SSSR count). The van der Waals surface area contributed by atoms with Gasteiger partial charge in [0.05, 0.1) is 12.6 Å². The maximum Gasteiger partial charge on any atom is 0.251 e. The zero-order valence-corrected chi connectivity index (χ0v) is 17.3. The Morgan fingerprint density at radius 1 is 1.18 bits per heavy atom. The van der Waals surface area contributed by atoms with Crippen molar-refractivity contribution in [3.05, 3.63) is 65.2 Å². The Morgan fingerprint density at radius 3 is 2.54 bits per heavy atom. The standard InChI is InChI=1S/C24H32N2O2/c1-4-28-23-13-11-21(12-14-23)19(3)25-24(27)22-9-7-20(8-10-22)17-26-15-5-6-18(2)16-26/h7-14,18-19H,4-6,15-17H2,1-3H3,(H,25,27)/t18-,19+/m1/s1. The van der Waals surface area contributed by atoms with E-state index in [0.717, 1.165) is 23.8 Å². The fraction of sp³-hybridized carbons (Fsp3) is 0.458. The molecule has 150 valence electrons. The van der Waals surface area contributed by atoms with E-state index in [9.17, 15) is 4.79 Å². The molecule has 0 saturated carbocycles. The molecule has 4 heteroatoms. The third-order valence-electron chi connectivity index (χ3n) is 5.40. The average molecular weight is 381 g/mol. The number of likely N-dealkylation sites (tertiary alicyclic amines) is 1. The molecule has 28 heavy (non-hydrogen) atoms. The zero-order valence-electron chi connectivity index (χ0n) is 17.3. The van der Waals surface area contributed by atoms with Gasteiger partial charge >= 0.3 is 0 Å². The number of hydrogen-bond donors (Lipinski definition) is 1. The Hall–Kier alpha value is -2.33. The topological polar surface area (TPSA) is 41.6 Å². The summed E-state index contributed by atoms with van der Waals surface area (Å²) in [6, 6.07) is 15.8. The van der Waals surface area contributed by atoms with Crippen molar-refractivity contribution in [2.75, 3.05) is 19.7 Å². The second-order valence-electron chi connectivity index (χ2n) is 7.88. The summed E-state index contributed by atoms with van der Waals surface area (Å²) in [5.74, 6) is 1.59. The van der Waals surface area contributed by atoms with E-state index in [0.29, 0.717) is 12.2 Å². The molecular weight excluding hydrogens is 348 g/mol. The van der Waals surface area contributed by atoms with Gasteiger partial charge in [-0.05, 0) is 74.5 Å². The lowest BCUT2D eigenvalue weighted by molar-refractivity contribution is 0.0940. The molecule has 0 radical (unpaired) electrons. The van der Waals surface area contributed by atoms with Crippen LogP contribution in [0.15, 0.2) is 48.5 Å². The normalized spacial score (nSPS) is 18.5. The molecule has 0 bridgehead atoms. The molecule has 1 aliphatic rings. The summed E-state index contributed by atoms with van der Waals surface area (Å²) in [6.07, 6.45) is 2.62. The first kappa shape index (κ1) is 20.4. The summed E-state index contributed by atoms with van der Waals surface area (Å²) >= 11 is 0. The minimum Gasteiger partial charge on any atom is -0.494 e. The molecule has 4 nitrogen and oxygen atoms in total. The Labute approximate surface area is 168 Å². The molecule has 1 saturated heterocycles. The Kier molecular flexibility index (Phi) is 7.10. The molecule has 1 amide bonds. The van der Waals surface area contributed by atoms with E-state index in [2.05, 4.69) is 29.3 Å². The van der Waals surface area contributed by atoms with Crippen LogP contribution in [-0.2, 0) is 6.54 Å². The van der Waals surface area contributed by atoms with Crippen LogP contribution in [0, 0.1) is 5.92 Å². The summed E-state index contributed by atoms with van der Waals surface area (Å²) in [4.78, 5) is 15.1. The maximum absolute atomic E-state index is 12.6. The summed E-state index contributed by atoms with van der Waals surface area (Å²) in [5.41, 5.74) is 3.03. The number of piperidine rings is 1. The van der Waals surface area contributed by atoms with Crippen molar-refractivity contribution in [3.8, 4) is 5.75 Å². The van der Waals surface area contributed by atoms with Gasteiger partial charge in [-0.2, -0.15) is 0 Å². The Morgan fingerprint density at radius 2 is 1.89 bits per heavy atom. The van der Waals surface area contributed by atoms with Crippen LogP contribution in [0.5, 0.6) is 5.75 Å². The van der Waals surface area contributed by atoms with Crippen molar-refractivity contribution in [1.82, 2.24) is 10.2 Å². The van der Waals surface area contributed by atoms with Gasteiger partial charge in [0.25, 0.3) is 5.91 Å². The predicted molar refractivity (Wildman–Crippen MR) is 114 cm³/mol. The van der Waals surface area contributed by atoms with E-state index in [1.165, 1.54) is 31.5 Å². The van der Waals surface area contributed by atoms with Gasteiger partial charge < -0.3 is 10.1 Å². The van der Waals surface area contributed by atoms with E-state index in [-0.39, 0.29) is 11.9 Å². The lowest BCUT2D eigenvalue weighted by Crippen LogP contribution is -2.33. The fourth-order valence-electron chi connectivity index (χ4n) is 3.83. The summed E-state index contributed by atoms with van der Waals surface area (Å²) in [6.45, 7) is 10.3. The number of carbonyl (C=O) groups is 1. The van der Waals surface area contributed by atoms with Crippen LogP contribution in [0.2, 0.25) is 0 Å². The first-order valence-corrected chi connectivity index (χ1v) is 10.4. The van der Waals surface area contributed by atoms with Crippen molar-refractivity contribution in [3.63, 3.8) is 0 Å². The Bertz CT molecular complexity index is 755. The average Bonchev–Trinajstić information content (AvgIpc) is 2.69. The number of nitrogens with zero attached hydrogens (tertiary/aromatic N) is 1. The maximum atomic E-state index is 12.6. The van der Waals surface area contributed by atoms with Crippen molar-refractivity contribution < 1.29 is 9.53 Å². The van der Waals surface area contributed by atoms with Gasteiger partial charge in [0.2, 0.25) is 0 Å². The number of carbonyl (C=O) groups excluding carboxylic acids is 1. The molecule has 0 spiro atoms. The number of nitrogens with one attached hydrogen (secondary N) is 1. The Balaban J connectivity index is 1.55. The SMILES string of the molecule is CCOc1ccc([C@H](C)NC(=O)c2ccc(CN3CCC[C@@H](C)C3)cc2)cc1. The number of benzene rings is 2. The quantitative estimate of drug-likeness (QED) is 0.750. The van der Waals surface area contributed by atoms with Crippen molar-refractivity contribution in [2.24, 2.45) is 5.92 Å². The number of amides is 1. The molecular formula is C24H32N2O2. The first-order valence-electron chi connectivity index (χ1n) is 10.4. The van der Waals surface area contributed by atoms with Gasteiger partial charge in [0.1, 0.15) is 5.75 Å². The highest BCUT2D eigenvalue weighted by molar-refractivity contribution is 5.94. The van der Waals surface area contributed by atoms with E-state index in [1.54, 1.807) is 0 Å². The van der Waals surface area contributed by atoms with Crippen molar-refractivity contribution in [2.45, 2.75) is 46.2 Å². The van der Waals surface area contributed by atoms with Gasteiger partial charge in [-0.15, -0.1) is 0 Å². The number of rotatable bonds is 7. The molecule has 0 unspecified atom stereocenters. The number of hydrogen-bond acceptors (Lipinski definition) is 3. The second kappa shape index (κ2) is 9.74. The van der Waals surface area contributed by atoms with Crippen LogP contribution < -0.4 is 10.1 Å². The van der Waals surface area contributed by atoms with Crippen LogP contribution in [0.3, 0.4) is 0 Å². The smallest absolute Gasteiger partial charge is 0.251 e. The molecule has 1 N–H and O–H groups in total. The van der Waals surface area contributed by atoms with Crippen LogP contribution >= 0.6 is 0 Å². The van der Waals surface area contributed by atoms with Gasteiger partial charge in [-0.25, -0.2) is 0 Å². The summed E-state index contributed by atoms with van der Waals surface area (Å²) in [7, 11) is 0. The van der Waals surface area contributed by atoms with Gasteiger partial charge in [-0.1, -0.05) is 31.2 Å². The zero-order chi connectivity index (χ0) is 19.9. The minimum atomic E-state index is -0.0577. The van der Waals surface area contributed by atoms with Crippen LogP contribution in [0.1, 0.15) is 61.1 Å². The highest BCUT2D eigenvalue weighted by atomic mass is 16.5. The predicted octanol–water partition coefficient (Wildman–Crippen LogP) is 4.81. The lowest BCUT2D eigenvalue weighted by Gasteiger charge is -2.30. The van der Waals surface area contributed by atoms with Gasteiger partial charge in [0, 0.05) is 18.7 Å². The lowest BCUT2D eigenvalue weighted by atomic mass is 9.99. The molecule has 1 fully saturated rings. The highest BCUT2D eigenvalue weighted by Gasteiger charge is 2.16. The van der Waals surface area contributed by atoms with Crippen LogP contribution in [-0.4, -0.2) is 30.5 Å². The monoisotopic (exact) mass is 380 g/mol. The molecule has 0 aliphatic carbocycles. The third kappa shape index (κ3) is 5.59. The molecule has 1 aliphatic heterocycles. The highest BCUT2D eigenvalue weighted by Crippen LogP contribution is 2.20. The molecule has 2 aromatic rings. The number of ether oxygens (including phenoxy) is 1. The van der Waals surface area contributed by atoms with E-state index >= 15 is 0 Å². The van der Waals surface area contributed by atoms with Gasteiger partial charge in [-0.3, -0.25) is 9.69 Å². The largest absolute Gasteiger partial charge is 0.494 e. The summed E-state index contributed by atoms with van der Waals surface area (Å²) < 4.78 is 5.47. The fourth-order valence-corrected chi connectivity index (χ4v) is 3.83. The minimum absolute atomic E-state index is 0.0421. The molecule has 1 heterocycles. The van der Waals surface area contributed by atoms with Crippen LogP contribution in [0.4, 0.5) is 0 Å². The van der Waals surface area contributed by atoms with Crippen molar-refractivity contribution >= 4 is 5.91 Å². The van der Waals surface area contributed by atoms with E-state index in [4.69, 9.17) is 4.74 Å². The van der Waals surface area contributed by atoms with Crippen LogP contribution in [0.25, 0.3) is 0 Å². The van der Waals surface area contributed by atoms with E-state index in [1.807, 2.05) is 50.2 Å². The first-order chi connectivity index (χ1) is 13.5.